The van der Waals surface area contributed by atoms with Crippen molar-refractivity contribution >= 4 is 46.4 Å². The number of nitrogens with one attached hydrogen (secondary N) is 4. The Kier molecular flexibility index (Phi) is 9.09. The first-order valence-corrected chi connectivity index (χ1v) is 13.5. The van der Waals surface area contributed by atoms with E-state index >= 15 is 0 Å². The third-order valence-corrected chi connectivity index (χ3v) is 6.27. The fourth-order valence-electron chi connectivity index (χ4n) is 3.94. The van der Waals surface area contributed by atoms with Crippen LogP contribution in [0.1, 0.15) is 67.2 Å². The molecule has 0 saturated heterocycles. The van der Waals surface area contributed by atoms with Crippen molar-refractivity contribution in [1.29, 1.82) is 0 Å². The van der Waals surface area contributed by atoms with Crippen LogP contribution < -0.4 is 21.5 Å². The van der Waals surface area contributed by atoms with Crippen molar-refractivity contribution in [1.82, 2.24) is 10.9 Å². The summed E-state index contributed by atoms with van der Waals surface area (Å²) in [5.74, 6) is -2.10. The summed E-state index contributed by atoms with van der Waals surface area (Å²) in [5, 5.41) is 13.7. The van der Waals surface area contributed by atoms with Gasteiger partial charge < -0.3 is 23.9 Å². The van der Waals surface area contributed by atoms with Crippen LogP contribution in [0.2, 0.25) is 0 Å². The van der Waals surface area contributed by atoms with Gasteiger partial charge in [0.2, 0.25) is 0 Å². The fourth-order valence-corrected chi connectivity index (χ4v) is 3.94. The summed E-state index contributed by atoms with van der Waals surface area (Å²) in [5.41, 5.74) is 8.00. The Balaban J connectivity index is 1.16. The molecule has 13 nitrogen and oxygen atoms in total. The van der Waals surface area contributed by atoms with Gasteiger partial charge in [0, 0.05) is 11.4 Å². The van der Waals surface area contributed by atoms with Crippen molar-refractivity contribution < 1.29 is 32.4 Å². The lowest BCUT2D eigenvalue weighted by atomic mass is 10.1. The molecule has 45 heavy (non-hydrogen) atoms. The summed E-state index contributed by atoms with van der Waals surface area (Å²) in [4.78, 5) is 49.7. The predicted molar refractivity (Wildman–Crippen MR) is 164 cm³/mol. The molecule has 4 amide bonds. The largest absolute Gasteiger partial charge is 0.459 e. The second-order valence-corrected chi connectivity index (χ2v) is 9.46. The van der Waals surface area contributed by atoms with E-state index in [4.69, 9.17) is 13.3 Å². The van der Waals surface area contributed by atoms with E-state index in [2.05, 4.69) is 31.7 Å². The maximum absolute atomic E-state index is 12.6. The van der Waals surface area contributed by atoms with Gasteiger partial charge in [-0.25, -0.2) is 10.9 Å². The zero-order chi connectivity index (χ0) is 31.8. The van der Waals surface area contributed by atoms with Gasteiger partial charge in [-0.1, -0.05) is 24.3 Å². The van der Waals surface area contributed by atoms with E-state index in [-0.39, 0.29) is 23.0 Å². The first kappa shape index (κ1) is 30.0. The quantitative estimate of drug-likeness (QED) is 0.123. The summed E-state index contributed by atoms with van der Waals surface area (Å²) >= 11 is 0. The highest BCUT2D eigenvalue weighted by Crippen LogP contribution is 2.15. The molecule has 3 heterocycles. The van der Waals surface area contributed by atoms with Crippen LogP contribution in [0.15, 0.2) is 121 Å². The maximum atomic E-state index is 12.6. The second-order valence-electron chi connectivity index (χ2n) is 9.46. The van der Waals surface area contributed by atoms with Crippen LogP contribution >= 0.6 is 0 Å². The Hall–Kier alpha value is -6.50. The zero-order valence-corrected chi connectivity index (χ0v) is 24.0. The second kappa shape index (κ2) is 13.6. The Morgan fingerprint density at radius 2 is 0.978 bits per heavy atom. The molecule has 0 bridgehead atoms. The van der Waals surface area contributed by atoms with E-state index in [0.29, 0.717) is 33.9 Å². The molecule has 0 atom stereocenters. The number of rotatable bonds is 10. The van der Waals surface area contributed by atoms with Crippen LogP contribution in [0.5, 0.6) is 0 Å². The highest BCUT2D eigenvalue weighted by atomic mass is 16.4. The summed E-state index contributed by atoms with van der Waals surface area (Å²) in [6.45, 7) is 3.36. The minimum atomic E-state index is -0.677. The molecular formula is C32H26N6O7. The molecular weight excluding hydrogens is 580 g/mol. The van der Waals surface area contributed by atoms with Crippen LogP contribution in [-0.2, 0) is 0 Å². The summed E-state index contributed by atoms with van der Waals surface area (Å²) < 4.78 is 15.6. The average molecular weight is 607 g/mol. The van der Waals surface area contributed by atoms with Gasteiger partial charge in [0.25, 0.3) is 11.8 Å². The van der Waals surface area contributed by atoms with E-state index in [1.54, 1.807) is 86.6 Å². The normalized spacial score (nSPS) is 11.5. The molecule has 4 N–H and O–H groups in total. The molecule has 0 radical (unpaired) electrons. The number of carbonyl (C=O) groups excluding carboxylic acids is 4. The standard InChI is InChI=1S/C32H26N6O7/c1-19(21-7-3-9-23(17-21)33-29(39)25-11-5-15-43-25)35-37-31(41)27-13-14-28(45-27)32(42)38-36-20(2)22-8-4-10-24(18-22)34-30(40)26-12-6-16-44-26/h3-18H,1-2H3,(H,33,39)(H,34,40)(H,37,41)(H,38,42). The van der Waals surface area contributed by atoms with Crippen molar-refractivity contribution in [3.8, 4) is 0 Å². The average Bonchev–Trinajstić information content (AvgIpc) is 3.86. The molecule has 2 aromatic carbocycles. The van der Waals surface area contributed by atoms with Gasteiger partial charge in [0.05, 0.1) is 23.9 Å². The molecule has 5 aromatic rings. The van der Waals surface area contributed by atoms with E-state index in [9.17, 15) is 19.2 Å². The van der Waals surface area contributed by atoms with Gasteiger partial charge in [-0.05, 0) is 85.6 Å². The van der Waals surface area contributed by atoms with Crippen molar-refractivity contribution in [3.05, 3.63) is 132 Å². The van der Waals surface area contributed by atoms with E-state index < -0.39 is 23.6 Å². The molecule has 0 fully saturated rings. The van der Waals surface area contributed by atoms with Crippen LogP contribution in [0.3, 0.4) is 0 Å². The van der Waals surface area contributed by atoms with Crippen LogP contribution in [-0.4, -0.2) is 35.1 Å². The topological polar surface area (TPSA) is 181 Å². The SMILES string of the molecule is CC(=NNC(=O)c1ccc(C(=O)NN=C(C)c2cccc(NC(=O)c3ccco3)c2)o1)c1cccc(NC(=O)c2ccco2)c1. The number of hydrogen-bond donors (Lipinski definition) is 4. The number of hydrazone groups is 2. The number of nitrogens with zero attached hydrogens (tertiary/aromatic N) is 2. The van der Waals surface area contributed by atoms with E-state index in [0.717, 1.165) is 0 Å². The molecule has 13 heteroatoms. The summed E-state index contributed by atoms with van der Waals surface area (Å²) in [7, 11) is 0. The molecule has 0 saturated carbocycles. The molecule has 0 spiro atoms. The van der Waals surface area contributed by atoms with Crippen LogP contribution in [0, 0.1) is 0 Å². The number of anilines is 2. The Morgan fingerprint density at radius 1 is 0.533 bits per heavy atom. The van der Waals surface area contributed by atoms with E-state index in [1.807, 2.05) is 0 Å². The number of amides is 4. The number of carbonyl (C=O) groups is 4. The highest BCUT2D eigenvalue weighted by Gasteiger charge is 2.16. The first-order valence-electron chi connectivity index (χ1n) is 13.5. The lowest BCUT2D eigenvalue weighted by Gasteiger charge is -2.07. The summed E-state index contributed by atoms with van der Waals surface area (Å²) in [6, 6.07) is 22.8. The van der Waals surface area contributed by atoms with Gasteiger partial charge >= 0.3 is 11.8 Å². The highest BCUT2D eigenvalue weighted by molar-refractivity contribution is 6.06. The molecule has 0 unspecified atom stereocenters. The Morgan fingerprint density at radius 3 is 1.38 bits per heavy atom. The van der Waals surface area contributed by atoms with Crippen molar-refractivity contribution in [2.24, 2.45) is 10.2 Å². The maximum Gasteiger partial charge on any atom is 0.307 e. The lowest BCUT2D eigenvalue weighted by Crippen LogP contribution is -2.20. The number of furan rings is 3. The van der Waals surface area contributed by atoms with Gasteiger partial charge in [-0.15, -0.1) is 0 Å². The van der Waals surface area contributed by atoms with Crippen LogP contribution in [0.25, 0.3) is 0 Å². The number of hydrogen-bond acceptors (Lipinski definition) is 9. The fraction of sp³-hybridized carbons (Fsp3) is 0.0625. The van der Waals surface area contributed by atoms with Gasteiger partial charge in [-0.3, -0.25) is 19.2 Å². The van der Waals surface area contributed by atoms with Crippen molar-refractivity contribution in [2.75, 3.05) is 10.6 Å². The third kappa shape index (κ3) is 7.67. The smallest absolute Gasteiger partial charge is 0.307 e. The molecule has 0 aliphatic carbocycles. The third-order valence-electron chi connectivity index (χ3n) is 6.27. The number of benzene rings is 2. The molecule has 5 rings (SSSR count). The Bertz CT molecular complexity index is 1770. The monoisotopic (exact) mass is 606 g/mol. The predicted octanol–water partition coefficient (Wildman–Crippen LogP) is 5.28. The van der Waals surface area contributed by atoms with Crippen LogP contribution in [0.4, 0.5) is 11.4 Å². The minimum Gasteiger partial charge on any atom is -0.459 e. The molecule has 0 aliphatic heterocycles. The van der Waals surface area contributed by atoms with Crippen molar-refractivity contribution in [3.63, 3.8) is 0 Å². The molecule has 3 aromatic heterocycles. The molecule has 0 aliphatic rings. The van der Waals surface area contributed by atoms with Gasteiger partial charge in [0.1, 0.15) is 0 Å². The lowest BCUT2D eigenvalue weighted by molar-refractivity contribution is 0.0900. The van der Waals surface area contributed by atoms with Gasteiger partial charge in [-0.2, -0.15) is 10.2 Å². The Labute approximate surface area is 256 Å². The minimum absolute atomic E-state index is 0.142. The van der Waals surface area contributed by atoms with E-state index in [1.165, 1.54) is 24.7 Å². The van der Waals surface area contributed by atoms with Crippen molar-refractivity contribution in [2.45, 2.75) is 13.8 Å². The summed E-state index contributed by atoms with van der Waals surface area (Å²) in [6.07, 6.45) is 2.81. The molecule has 226 valence electrons. The van der Waals surface area contributed by atoms with Gasteiger partial charge in [0.15, 0.2) is 23.0 Å². The zero-order valence-electron chi connectivity index (χ0n) is 24.0. The first-order chi connectivity index (χ1) is 21.8.